The minimum Gasteiger partial charge on any atom is -0.308 e. The number of aromatic nitrogens is 1. The summed E-state index contributed by atoms with van der Waals surface area (Å²) in [7, 11) is 0. The Bertz CT molecular complexity index is 3130. The fourth-order valence-electron chi connectivity index (χ4n) is 10.2. The Morgan fingerprint density at radius 1 is 0.429 bits per heavy atom. The van der Waals surface area contributed by atoms with Gasteiger partial charge in [0.2, 0.25) is 0 Å². The Hall–Kier alpha value is -6.32. The van der Waals surface area contributed by atoms with E-state index in [1.807, 2.05) is 0 Å². The predicted octanol–water partition coefficient (Wildman–Crippen LogP) is 12.2. The summed E-state index contributed by atoms with van der Waals surface area (Å²) < 4.78 is 2.18. The highest BCUT2D eigenvalue weighted by molar-refractivity contribution is 6.10. The Kier molecular flexibility index (Phi) is 6.44. The molecule has 0 radical (unpaired) electrons. The van der Waals surface area contributed by atoms with Gasteiger partial charge in [0.25, 0.3) is 0 Å². The van der Waals surface area contributed by atoms with Crippen LogP contribution in [-0.4, -0.2) is 4.40 Å². The number of hydrogen-bond donors (Lipinski definition) is 0. The van der Waals surface area contributed by atoms with Crippen molar-refractivity contribution in [1.29, 1.82) is 0 Å². The highest BCUT2D eigenvalue weighted by Gasteiger charge is 2.52. The largest absolute Gasteiger partial charge is 0.308 e. The molecule has 2 heterocycles. The second-order valence-electron chi connectivity index (χ2n) is 18.0. The van der Waals surface area contributed by atoms with E-state index >= 15 is 9.59 Å². The molecule has 9 aromatic rings. The molecule has 0 fully saturated rings. The van der Waals surface area contributed by atoms with Crippen LogP contribution in [0.1, 0.15) is 74.9 Å². The number of benzene rings is 7. The molecule has 2 aromatic heterocycles. The molecule has 3 heteroatoms. The summed E-state index contributed by atoms with van der Waals surface area (Å²) in [6, 6.07) is 49.7. The lowest BCUT2D eigenvalue weighted by Gasteiger charge is -2.32. The van der Waals surface area contributed by atoms with Gasteiger partial charge in [0, 0.05) is 21.5 Å². The van der Waals surface area contributed by atoms with Crippen LogP contribution < -0.4 is 10.9 Å². The lowest BCUT2D eigenvalue weighted by Crippen LogP contribution is -2.26. The number of fused-ring (bicyclic) bond motifs is 14. The summed E-state index contributed by atoms with van der Waals surface area (Å²) in [6.07, 6.45) is 0. The van der Waals surface area contributed by atoms with Crippen molar-refractivity contribution < 1.29 is 0 Å². The molecule has 3 nitrogen and oxygen atoms in total. The summed E-state index contributed by atoms with van der Waals surface area (Å²) in [5.74, 6) is 0. The van der Waals surface area contributed by atoms with E-state index in [2.05, 4.69) is 185 Å². The first-order valence-corrected chi connectivity index (χ1v) is 19.7. The van der Waals surface area contributed by atoms with Crippen molar-refractivity contribution in [3.05, 3.63) is 193 Å². The van der Waals surface area contributed by atoms with Crippen molar-refractivity contribution in [1.82, 2.24) is 4.40 Å². The van der Waals surface area contributed by atoms with Gasteiger partial charge < -0.3 is 4.40 Å². The molecule has 0 bridgehead atoms. The second-order valence-corrected chi connectivity index (χ2v) is 18.0. The molecule has 0 saturated heterocycles. The predicted molar refractivity (Wildman–Crippen MR) is 233 cm³/mol. The maximum Gasteiger partial charge on any atom is 0.197 e. The number of hydrogen-bond acceptors (Lipinski definition) is 2. The molecule has 0 unspecified atom stereocenters. The number of pyridine rings is 2. The molecule has 0 aliphatic heterocycles. The van der Waals surface area contributed by atoms with E-state index in [0.29, 0.717) is 27.1 Å². The van der Waals surface area contributed by atoms with Crippen molar-refractivity contribution in [2.24, 2.45) is 0 Å². The van der Waals surface area contributed by atoms with E-state index in [9.17, 15) is 0 Å². The molecule has 2 aliphatic carbocycles. The first-order valence-electron chi connectivity index (χ1n) is 19.7. The standard InChI is InChI=1S/C53H41NO2/c1-51(2,3)31-22-24-45-38(28-31)49(55)40-26-30(27-41-48(40)54(45)46-25-23-32(52(4,5)6)29-39(46)50(41)56)33-17-13-18-37-36-16-9-12-21-44(36)53(47(33)37)42-19-10-7-14-34(42)35-15-8-11-20-43(35)53/h7-29H,1-6H3. The molecule has 0 saturated carbocycles. The molecule has 2 aliphatic rings. The van der Waals surface area contributed by atoms with Gasteiger partial charge in [-0.2, -0.15) is 0 Å². The molecule has 1 spiro atoms. The summed E-state index contributed by atoms with van der Waals surface area (Å²) in [4.78, 5) is 30.1. The fourth-order valence-corrected chi connectivity index (χ4v) is 10.2. The number of nitrogens with zero attached hydrogens (tertiary/aromatic N) is 1. The third kappa shape index (κ3) is 4.13. The maximum absolute atomic E-state index is 15.1. The molecule has 7 aromatic carbocycles. The molecule has 0 N–H and O–H groups in total. The van der Waals surface area contributed by atoms with E-state index in [-0.39, 0.29) is 21.7 Å². The number of rotatable bonds is 1. The smallest absolute Gasteiger partial charge is 0.197 e. The lowest BCUT2D eigenvalue weighted by molar-refractivity contribution is 0.591. The van der Waals surface area contributed by atoms with Gasteiger partial charge in [-0.05, 0) is 114 Å². The second kappa shape index (κ2) is 10.9. The van der Waals surface area contributed by atoms with E-state index < -0.39 is 5.41 Å². The quantitative estimate of drug-likeness (QED) is 0.125. The van der Waals surface area contributed by atoms with Crippen LogP contribution in [0.4, 0.5) is 0 Å². The van der Waals surface area contributed by atoms with Gasteiger partial charge in [-0.15, -0.1) is 0 Å². The highest BCUT2D eigenvalue weighted by Crippen LogP contribution is 2.64. The van der Waals surface area contributed by atoms with E-state index in [4.69, 9.17) is 0 Å². The van der Waals surface area contributed by atoms with Gasteiger partial charge in [0.15, 0.2) is 10.9 Å². The molecule has 56 heavy (non-hydrogen) atoms. The monoisotopic (exact) mass is 723 g/mol. The van der Waals surface area contributed by atoms with Crippen LogP contribution in [0.3, 0.4) is 0 Å². The Balaban J connectivity index is 1.32. The average molecular weight is 724 g/mol. The zero-order valence-corrected chi connectivity index (χ0v) is 32.5. The van der Waals surface area contributed by atoms with Gasteiger partial charge in [0.05, 0.1) is 22.0 Å². The third-order valence-electron chi connectivity index (χ3n) is 12.8. The minimum atomic E-state index is -0.578. The molecule has 0 amide bonds. The van der Waals surface area contributed by atoms with Gasteiger partial charge in [0.1, 0.15) is 0 Å². The zero-order chi connectivity index (χ0) is 38.5. The van der Waals surface area contributed by atoms with Crippen molar-refractivity contribution in [3.8, 4) is 33.4 Å². The van der Waals surface area contributed by atoms with Crippen LogP contribution in [0.5, 0.6) is 0 Å². The maximum atomic E-state index is 15.1. The summed E-state index contributed by atoms with van der Waals surface area (Å²) >= 11 is 0. The first-order chi connectivity index (χ1) is 26.9. The Labute approximate surface area is 325 Å². The van der Waals surface area contributed by atoms with Crippen LogP contribution in [-0.2, 0) is 16.2 Å². The molecule has 11 rings (SSSR count). The summed E-state index contributed by atoms with van der Waals surface area (Å²) in [5, 5.41) is 2.44. The van der Waals surface area contributed by atoms with Crippen LogP contribution >= 0.6 is 0 Å². The summed E-state index contributed by atoms with van der Waals surface area (Å²) in [6.45, 7) is 13.1. The molecule has 0 atom stereocenters. The summed E-state index contributed by atoms with van der Waals surface area (Å²) in [5.41, 5.74) is 15.2. The van der Waals surface area contributed by atoms with Crippen LogP contribution in [0.2, 0.25) is 0 Å². The van der Waals surface area contributed by atoms with Crippen molar-refractivity contribution >= 4 is 38.1 Å². The first kappa shape index (κ1) is 33.1. The van der Waals surface area contributed by atoms with Crippen LogP contribution in [0.25, 0.3) is 71.5 Å². The molecular weight excluding hydrogens is 683 g/mol. The molecule has 270 valence electrons. The van der Waals surface area contributed by atoms with Gasteiger partial charge in [-0.3, -0.25) is 9.59 Å². The normalized spacial score (nSPS) is 14.2. The van der Waals surface area contributed by atoms with Gasteiger partial charge in [-0.1, -0.05) is 145 Å². The van der Waals surface area contributed by atoms with E-state index in [1.165, 1.54) is 44.5 Å². The average Bonchev–Trinajstić information content (AvgIpc) is 3.67. The Morgan fingerprint density at radius 2 is 0.839 bits per heavy atom. The van der Waals surface area contributed by atoms with E-state index in [1.54, 1.807) is 0 Å². The highest BCUT2D eigenvalue weighted by atomic mass is 16.1. The van der Waals surface area contributed by atoms with Crippen LogP contribution in [0, 0.1) is 0 Å². The Morgan fingerprint density at radius 3 is 1.30 bits per heavy atom. The third-order valence-corrected chi connectivity index (χ3v) is 12.8. The fraction of sp³-hybridized carbons (Fsp3) is 0.170. The van der Waals surface area contributed by atoms with Crippen molar-refractivity contribution in [3.63, 3.8) is 0 Å². The SMILES string of the molecule is CC(C)(C)c1ccc2c(c1)c(=O)c1cc(-c3cccc4c3C3(c5ccccc5-c5ccccc53)c3ccccc3-4)cc3c(=O)c4cc(C(C)(C)C)ccc4n2c13. The van der Waals surface area contributed by atoms with Crippen molar-refractivity contribution in [2.45, 2.75) is 57.8 Å². The van der Waals surface area contributed by atoms with Crippen LogP contribution in [0.15, 0.2) is 149 Å². The molecular formula is C53H41NO2. The van der Waals surface area contributed by atoms with E-state index in [0.717, 1.165) is 33.3 Å². The minimum absolute atomic E-state index is 0.0508. The lowest BCUT2D eigenvalue weighted by atomic mass is 9.68. The van der Waals surface area contributed by atoms with Gasteiger partial charge >= 0.3 is 0 Å². The van der Waals surface area contributed by atoms with Gasteiger partial charge in [-0.25, -0.2) is 0 Å². The van der Waals surface area contributed by atoms with Crippen molar-refractivity contribution in [2.75, 3.05) is 0 Å². The zero-order valence-electron chi connectivity index (χ0n) is 32.5. The topological polar surface area (TPSA) is 38.5 Å².